The summed E-state index contributed by atoms with van der Waals surface area (Å²) in [7, 11) is 0. The van der Waals surface area contributed by atoms with Gasteiger partial charge in [0.05, 0.1) is 13.0 Å². The third-order valence-corrected chi connectivity index (χ3v) is 2.62. The van der Waals surface area contributed by atoms with Crippen LogP contribution in [0.4, 0.5) is 0 Å². The van der Waals surface area contributed by atoms with Gasteiger partial charge in [-0.15, -0.1) is 0 Å². The van der Waals surface area contributed by atoms with Gasteiger partial charge in [-0.1, -0.05) is 13.5 Å². The van der Waals surface area contributed by atoms with E-state index < -0.39 is 5.54 Å². The molecule has 1 rings (SSSR count). The molecule has 0 amide bonds. The van der Waals surface area contributed by atoms with Crippen LogP contribution in [0.1, 0.15) is 33.6 Å². The van der Waals surface area contributed by atoms with Gasteiger partial charge in [0.25, 0.3) is 0 Å². The maximum absolute atomic E-state index is 11.5. The van der Waals surface area contributed by atoms with Crippen LogP contribution in [0.2, 0.25) is 0 Å². The molecule has 0 aromatic heterocycles. The number of esters is 1. The number of hydrogen-bond acceptors (Lipinski definition) is 4. The van der Waals surface area contributed by atoms with E-state index in [2.05, 4.69) is 11.6 Å². The normalized spacial score (nSPS) is 23.6. The van der Waals surface area contributed by atoms with E-state index >= 15 is 0 Å². The molecule has 16 heavy (non-hydrogen) atoms. The topological polar surface area (TPSA) is 47.9 Å². The Labute approximate surface area is 96.3 Å². The average Bonchev–Trinajstić information content (AvgIpc) is 2.63. The van der Waals surface area contributed by atoms with Crippen molar-refractivity contribution in [2.75, 3.05) is 13.2 Å². The molecule has 0 saturated heterocycles. The van der Waals surface area contributed by atoms with Gasteiger partial charge in [-0.25, -0.2) is 4.99 Å². The first-order chi connectivity index (χ1) is 7.53. The third kappa shape index (κ3) is 2.84. The van der Waals surface area contributed by atoms with Gasteiger partial charge in [-0.3, -0.25) is 4.79 Å². The van der Waals surface area contributed by atoms with Gasteiger partial charge in [0, 0.05) is 5.57 Å². The molecule has 0 fully saturated rings. The zero-order valence-electron chi connectivity index (χ0n) is 10.2. The quantitative estimate of drug-likeness (QED) is 0.673. The first-order valence-corrected chi connectivity index (χ1v) is 5.57. The van der Waals surface area contributed by atoms with E-state index in [0.717, 1.165) is 12.0 Å². The zero-order chi connectivity index (χ0) is 12.2. The third-order valence-electron chi connectivity index (χ3n) is 2.62. The summed E-state index contributed by atoms with van der Waals surface area (Å²) in [4.78, 5) is 15.9. The maximum Gasteiger partial charge on any atom is 0.308 e. The molecule has 0 aliphatic carbocycles. The van der Waals surface area contributed by atoms with E-state index in [-0.39, 0.29) is 12.4 Å². The highest BCUT2D eigenvalue weighted by molar-refractivity contribution is 5.94. The first-order valence-electron chi connectivity index (χ1n) is 5.57. The SMILES string of the molecule is C=C(C)C1=NC(CC)(CC(=O)OCC)CO1. The molecule has 90 valence electrons. The molecule has 0 bridgehead atoms. The van der Waals surface area contributed by atoms with Gasteiger partial charge >= 0.3 is 5.97 Å². The van der Waals surface area contributed by atoms with Crippen molar-refractivity contribution in [3.05, 3.63) is 12.2 Å². The molecule has 1 atom stereocenters. The lowest BCUT2D eigenvalue weighted by Crippen LogP contribution is -2.31. The van der Waals surface area contributed by atoms with Crippen molar-refractivity contribution in [2.24, 2.45) is 4.99 Å². The van der Waals surface area contributed by atoms with Gasteiger partial charge in [0.1, 0.15) is 12.1 Å². The van der Waals surface area contributed by atoms with Crippen molar-refractivity contribution < 1.29 is 14.3 Å². The Bertz CT molecular complexity index is 322. The lowest BCUT2D eigenvalue weighted by molar-refractivity contribution is -0.144. The summed E-state index contributed by atoms with van der Waals surface area (Å²) in [5.74, 6) is 0.339. The van der Waals surface area contributed by atoms with Crippen LogP contribution in [-0.4, -0.2) is 30.6 Å². The highest BCUT2D eigenvalue weighted by Crippen LogP contribution is 2.28. The number of carbonyl (C=O) groups is 1. The van der Waals surface area contributed by atoms with Crippen molar-refractivity contribution in [3.63, 3.8) is 0 Å². The molecule has 0 N–H and O–H groups in total. The molecule has 1 unspecified atom stereocenters. The highest BCUT2D eigenvalue weighted by Gasteiger charge is 2.37. The minimum Gasteiger partial charge on any atom is -0.475 e. The van der Waals surface area contributed by atoms with Crippen LogP contribution in [0.3, 0.4) is 0 Å². The van der Waals surface area contributed by atoms with E-state index in [0.29, 0.717) is 19.1 Å². The Hall–Kier alpha value is -1.32. The summed E-state index contributed by atoms with van der Waals surface area (Å²) in [5, 5.41) is 0. The number of nitrogens with zero attached hydrogens (tertiary/aromatic N) is 1. The zero-order valence-corrected chi connectivity index (χ0v) is 10.2. The average molecular weight is 225 g/mol. The lowest BCUT2D eigenvalue weighted by atomic mass is 9.94. The van der Waals surface area contributed by atoms with Gasteiger partial charge < -0.3 is 9.47 Å². The second kappa shape index (κ2) is 5.14. The summed E-state index contributed by atoms with van der Waals surface area (Å²) < 4.78 is 10.4. The molecule has 1 aliphatic heterocycles. The summed E-state index contributed by atoms with van der Waals surface area (Å²) in [6.45, 7) is 10.2. The second-order valence-corrected chi connectivity index (χ2v) is 4.05. The van der Waals surface area contributed by atoms with Gasteiger partial charge in [-0.05, 0) is 20.3 Å². The Balaban J connectivity index is 2.73. The predicted octanol–water partition coefficient (Wildman–Crippen LogP) is 2.09. The fourth-order valence-corrected chi connectivity index (χ4v) is 1.58. The van der Waals surface area contributed by atoms with Gasteiger partial charge in [-0.2, -0.15) is 0 Å². The minimum atomic E-state index is -0.458. The number of hydrogen-bond donors (Lipinski definition) is 0. The van der Waals surface area contributed by atoms with E-state index in [1.54, 1.807) is 6.92 Å². The number of aliphatic imine (C=N–C) groups is 1. The molecule has 0 saturated carbocycles. The Morgan fingerprint density at radius 3 is 2.75 bits per heavy atom. The largest absolute Gasteiger partial charge is 0.475 e. The van der Waals surface area contributed by atoms with Gasteiger partial charge in [0.2, 0.25) is 5.90 Å². The smallest absolute Gasteiger partial charge is 0.308 e. The maximum atomic E-state index is 11.5. The van der Waals surface area contributed by atoms with Crippen molar-refractivity contribution in [2.45, 2.75) is 39.2 Å². The minimum absolute atomic E-state index is 0.223. The molecule has 0 aromatic rings. The summed E-state index contributed by atoms with van der Waals surface area (Å²) in [6, 6.07) is 0. The standard InChI is InChI=1S/C12H19NO3/c1-5-12(7-10(14)15-6-2)8-16-11(13-12)9(3)4/h3,5-8H2,1-2,4H3. The summed E-state index contributed by atoms with van der Waals surface area (Å²) >= 11 is 0. The van der Waals surface area contributed by atoms with E-state index in [9.17, 15) is 4.79 Å². The molecule has 0 aromatic carbocycles. The number of ether oxygens (including phenoxy) is 2. The Morgan fingerprint density at radius 1 is 1.62 bits per heavy atom. The van der Waals surface area contributed by atoms with E-state index in [1.165, 1.54) is 0 Å². The fourth-order valence-electron chi connectivity index (χ4n) is 1.58. The fraction of sp³-hybridized carbons (Fsp3) is 0.667. The van der Waals surface area contributed by atoms with Crippen LogP contribution < -0.4 is 0 Å². The molecule has 0 spiro atoms. The van der Waals surface area contributed by atoms with Crippen LogP contribution in [0.5, 0.6) is 0 Å². The van der Waals surface area contributed by atoms with Crippen molar-refractivity contribution >= 4 is 11.9 Å². The second-order valence-electron chi connectivity index (χ2n) is 4.05. The lowest BCUT2D eigenvalue weighted by Gasteiger charge is -2.20. The molecular weight excluding hydrogens is 206 g/mol. The van der Waals surface area contributed by atoms with E-state index in [4.69, 9.17) is 9.47 Å². The van der Waals surface area contributed by atoms with Crippen LogP contribution >= 0.6 is 0 Å². The molecule has 4 heteroatoms. The first kappa shape index (κ1) is 12.7. The van der Waals surface area contributed by atoms with Crippen LogP contribution in [0, 0.1) is 0 Å². The molecule has 1 aliphatic rings. The Kier molecular flexibility index (Phi) is 4.10. The summed E-state index contributed by atoms with van der Waals surface area (Å²) in [5.41, 5.74) is 0.333. The van der Waals surface area contributed by atoms with Gasteiger partial charge in [0.15, 0.2) is 0 Å². The van der Waals surface area contributed by atoms with E-state index in [1.807, 2.05) is 13.8 Å². The highest BCUT2D eigenvalue weighted by atomic mass is 16.5. The molecule has 4 nitrogen and oxygen atoms in total. The monoisotopic (exact) mass is 225 g/mol. The summed E-state index contributed by atoms with van der Waals surface area (Å²) in [6.07, 6.45) is 1.02. The van der Waals surface area contributed by atoms with Crippen molar-refractivity contribution in [3.8, 4) is 0 Å². The Morgan fingerprint density at radius 2 is 2.31 bits per heavy atom. The molecule has 1 heterocycles. The van der Waals surface area contributed by atoms with Crippen molar-refractivity contribution in [1.29, 1.82) is 0 Å². The van der Waals surface area contributed by atoms with Crippen molar-refractivity contribution in [1.82, 2.24) is 0 Å². The number of rotatable bonds is 5. The van der Waals surface area contributed by atoms with Crippen LogP contribution in [-0.2, 0) is 14.3 Å². The number of carbonyl (C=O) groups excluding carboxylic acids is 1. The predicted molar refractivity (Wildman–Crippen MR) is 62.5 cm³/mol. The van der Waals surface area contributed by atoms with Crippen LogP contribution in [0.15, 0.2) is 17.1 Å². The molecule has 0 radical (unpaired) electrons. The van der Waals surface area contributed by atoms with Crippen LogP contribution in [0.25, 0.3) is 0 Å². The molecular formula is C12H19NO3.